The SMILES string of the molecule is C[C@H](C#Cc1cccc(C(=O)NCc2ccccc2C(F)(F)F)c1)N(O)C(N)=O. The summed E-state index contributed by atoms with van der Waals surface area (Å²) >= 11 is 0. The minimum absolute atomic E-state index is 0.0485. The van der Waals surface area contributed by atoms with Gasteiger partial charge in [0.25, 0.3) is 5.91 Å². The number of carbonyl (C=O) groups is 2. The number of amides is 3. The van der Waals surface area contributed by atoms with E-state index in [0.29, 0.717) is 5.56 Å². The van der Waals surface area contributed by atoms with E-state index in [1.165, 1.54) is 37.3 Å². The Morgan fingerprint density at radius 2 is 1.90 bits per heavy atom. The second-order valence-electron chi connectivity index (χ2n) is 6.05. The van der Waals surface area contributed by atoms with Crippen LogP contribution in [0.25, 0.3) is 0 Å². The molecule has 0 heterocycles. The van der Waals surface area contributed by atoms with E-state index in [1.54, 1.807) is 12.1 Å². The Balaban J connectivity index is 2.11. The third-order valence-electron chi connectivity index (χ3n) is 3.90. The van der Waals surface area contributed by atoms with E-state index in [2.05, 4.69) is 17.2 Å². The van der Waals surface area contributed by atoms with Crippen molar-refractivity contribution in [3.05, 3.63) is 70.8 Å². The number of hydrogen-bond acceptors (Lipinski definition) is 3. The molecule has 0 spiro atoms. The fourth-order valence-electron chi connectivity index (χ4n) is 2.41. The number of hydroxylamine groups is 2. The lowest BCUT2D eigenvalue weighted by Crippen LogP contribution is -2.38. The molecule has 2 aromatic carbocycles. The van der Waals surface area contributed by atoms with Crippen LogP contribution < -0.4 is 11.1 Å². The van der Waals surface area contributed by atoms with Gasteiger partial charge in [0.2, 0.25) is 0 Å². The monoisotopic (exact) mass is 405 g/mol. The lowest BCUT2D eigenvalue weighted by Gasteiger charge is -2.14. The summed E-state index contributed by atoms with van der Waals surface area (Å²) in [5.41, 5.74) is 4.69. The van der Waals surface area contributed by atoms with Gasteiger partial charge in [0.1, 0.15) is 6.04 Å². The highest BCUT2D eigenvalue weighted by atomic mass is 19.4. The highest BCUT2D eigenvalue weighted by Gasteiger charge is 2.32. The molecule has 4 N–H and O–H groups in total. The Labute approximate surface area is 165 Å². The molecule has 1 atom stereocenters. The third-order valence-corrected chi connectivity index (χ3v) is 3.90. The topological polar surface area (TPSA) is 95.7 Å². The van der Waals surface area contributed by atoms with Crippen molar-refractivity contribution in [2.75, 3.05) is 0 Å². The van der Waals surface area contributed by atoms with E-state index >= 15 is 0 Å². The van der Waals surface area contributed by atoms with Crippen LogP contribution >= 0.6 is 0 Å². The van der Waals surface area contributed by atoms with Gasteiger partial charge >= 0.3 is 12.2 Å². The summed E-state index contributed by atoms with van der Waals surface area (Å²) in [6.45, 7) is 1.16. The molecule has 0 aromatic heterocycles. The molecule has 0 saturated heterocycles. The average molecular weight is 405 g/mol. The molecule has 0 saturated carbocycles. The summed E-state index contributed by atoms with van der Waals surface area (Å²) < 4.78 is 39.1. The molecule has 9 heteroatoms. The summed E-state index contributed by atoms with van der Waals surface area (Å²) in [7, 11) is 0. The fourth-order valence-corrected chi connectivity index (χ4v) is 2.41. The van der Waals surface area contributed by atoms with Crippen molar-refractivity contribution in [2.45, 2.75) is 25.7 Å². The molecule has 29 heavy (non-hydrogen) atoms. The van der Waals surface area contributed by atoms with E-state index < -0.39 is 29.7 Å². The number of hydrogen-bond donors (Lipinski definition) is 3. The van der Waals surface area contributed by atoms with Gasteiger partial charge in [-0.15, -0.1) is 0 Å². The largest absolute Gasteiger partial charge is 0.416 e. The molecular weight excluding hydrogens is 387 g/mol. The number of benzene rings is 2. The van der Waals surface area contributed by atoms with Crippen molar-refractivity contribution < 1.29 is 28.0 Å². The molecule has 3 amide bonds. The van der Waals surface area contributed by atoms with Crippen molar-refractivity contribution in [3.8, 4) is 11.8 Å². The number of halogens is 3. The summed E-state index contributed by atoms with van der Waals surface area (Å²) in [4.78, 5) is 23.2. The molecule has 0 aliphatic rings. The van der Waals surface area contributed by atoms with Crippen LogP contribution in [0.5, 0.6) is 0 Å². The first-order valence-corrected chi connectivity index (χ1v) is 8.42. The Hall–Kier alpha value is -3.51. The lowest BCUT2D eigenvalue weighted by molar-refractivity contribution is -0.138. The molecule has 152 valence electrons. The van der Waals surface area contributed by atoms with Crippen LogP contribution in [0, 0.1) is 11.8 Å². The summed E-state index contributed by atoms with van der Waals surface area (Å²) in [6.07, 6.45) is -4.51. The zero-order valence-electron chi connectivity index (χ0n) is 15.3. The number of nitrogens with two attached hydrogens (primary N) is 1. The predicted octanol–water partition coefficient (Wildman–Crippen LogP) is 3.15. The first kappa shape index (κ1) is 21.8. The Morgan fingerprint density at radius 1 is 1.21 bits per heavy atom. The number of primary amides is 1. The molecule has 2 aromatic rings. The maximum Gasteiger partial charge on any atom is 0.416 e. The Morgan fingerprint density at radius 3 is 2.55 bits per heavy atom. The number of alkyl halides is 3. The van der Waals surface area contributed by atoms with Crippen LogP contribution in [0.2, 0.25) is 0 Å². The maximum atomic E-state index is 13.0. The highest BCUT2D eigenvalue weighted by Crippen LogP contribution is 2.31. The van der Waals surface area contributed by atoms with Gasteiger partial charge in [-0.1, -0.05) is 36.1 Å². The van der Waals surface area contributed by atoms with Crippen molar-refractivity contribution in [2.24, 2.45) is 5.73 Å². The van der Waals surface area contributed by atoms with Crippen molar-refractivity contribution in [1.29, 1.82) is 0 Å². The first-order chi connectivity index (χ1) is 13.6. The van der Waals surface area contributed by atoms with Crippen molar-refractivity contribution >= 4 is 11.9 Å². The molecule has 0 unspecified atom stereocenters. The van der Waals surface area contributed by atoms with Gasteiger partial charge in [0.15, 0.2) is 0 Å². The molecule has 0 aliphatic carbocycles. The summed E-state index contributed by atoms with van der Waals surface area (Å²) in [5, 5.41) is 12.1. The van der Waals surface area contributed by atoms with Crippen LogP contribution in [0.15, 0.2) is 48.5 Å². The van der Waals surface area contributed by atoms with Crippen LogP contribution in [-0.4, -0.2) is 28.3 Å². The second-order valence-corrected chi connectivity index (χ2v) is 6.05. The van der Waals surface area contributed by atoms with E-state index in [-0.39, 0.29) is 22.7 Å². The van der Waals surface area contributed by atoms with Crippen LogP contribution in [0.4, 0.5) is 18.0 Å². The lowest BCUT2D eigenvalue weighted by atomic mass is 10.1. The highest BCUT2D eigenvalue weighted by molar-refractivity contribution is 5.94. The summed E-state index contributed by atoms with van der Waals surface area (Å²) in [6, 6.07) is 9.15. The van der Waals surface area contributed by atoms with Gasteiger partial charge in [0.05, 0.1) is 5.56 Å². The van der Waals surface area contributed by atoms with Gasteiger partial charge in [-0.25, -0.2) is 4.79 Å². The van der Waals surface area contributed by atoms with Gasteiger partial charge in [-0.05, 0) is 36.8 Å². The van der Waals surface area contributed by atoms with E-state index in [1.807, 2.05) is 0 Å². The van der Waals surface area contributed by atoms with Crippen molar-refractivity contribution in [1.82, 2.24) is 10.4 Å². The number of urea groups is 1. The molecule has 0 fully saturated rings. The average Bonchev–Trinajstić information content (AvgIpc) is 2.69. The molecule has 6 nitrogen and oxygen atoms in total. The third kappa shape index (κ3) is 5.99. The Kier molecular flexibility index (Phi) is 6.85. The summed E-state index contributed by atoms with van der Waals surface area (Å²) in [5.74, 6) is 4.72. The fraction of sp³-hybridized carbons (Fsp3) is 0.200. The maximum absolute atomic E-state index is 13.0. The van der Waals surface area contributed by atoms with E-state index in [9.17, 15) is 28.0 Å². The quantitative estimate of drug-likeness (QED) is 0.414. The normalized spacial score (nSPS) is 11.8. The smallest absolute Gasteiger partial charge is 0.350 e. The van der Waals surface area contributed by atoms with Crippen LogP contribution in [-0.2, 0) is 12.7 Å². The first-order valence-electron chi connectivity index (χ1n) is 8.42. The molecule has 0 aliphatic heterocycles. The number of nitrogens with zero attached hydrogens (tertiary/aromatic N) is 1. The second kappa shape index (κ2) is 9.12. The van der Waals surface area contributed by atoms with Gasteiger partial charge in [0, 0.05) is 17.7 Å². The van der Waals surface area contributed by atoms with E-state index in [4.69, 9.17) is 5.73 Å². The van der Waals surface area contributed by atoms with Crippen molar-refractivity contribution in [3.63, 3.8) is 0 Å². The molecule has 2 rings (SSSR count). The number of nitrogens with one attached hydrogen (secondary N) is 1. The van der Waals surface area contributed by atoms with Gasteiger partial charge < -0.3 is 11.1 Å². The van der Waals surface area contributed by atoms with Gasteiger partial charge in [-0.2, -0.15) is 18.2 Å². The minimum atomic E-state index is -4.51. The molecule has 0 bridgehead atoms. The number of carbonyl (C=O) groups excluding carboxylic acids is 2. The minimum Gasteiger partial charge on any atom is -0.350 e. The predicted molar refractivity (Wildman–Crippen MR) is 98.6 cm³/mol. The number of rotatable bonds is 4. The molecular formula is C20H18F3N3O3. The Bertz CT molecular complexity index is 964. The van der Waals surface area contributed by atoms with Crippen LogP contribution in [0.1, 0.15) is 34.0 Å². The zero-order chi connectivity index (χ0) is 21.6. The zero-order valence-corrected chi connectivity index (χ0v) is 15.3. The van der Waals surface area contributed by atoms with Crippen LogP contribution in [0.3, 0.4) is 0 Å². The molecule has 0 radical (unpaired) electrons. The van der Waals surface area contributed by atoms with E-state index in [0.717, 1.165) is 6.07 Å². The standard InChI is InChI=1S/C20H18F3N3O3/c1-13(26(29)19(24)28)9-10-14-5-4-7-15(11-14)18(27)25-12-16-6-2-3-8-17(16)20(21,22)23/h2-8,11,13,29H,12H2,1H3,(H2,24,28)(H,25,27)/t13-/m1/s1. The van der Waals surface area contributed by atoms with Gasteiger partial charge in [-0.3, -0.25) is 10.0 Å².